The van der Waals surface area contributed by atoms with Gasteiger partial charge in [-0.2, -0.15) is 18.2 Å². The number of carbonyl (C=O) groups is 3. The maximum absolute atomic E-state index is 14.6. The Morgan fingerprint density at radius 2 is 1.27 bits per heavy atom. The maximum Gasteiger partial charge on any atom is 0.421 e. The summed E-state index contributed by atoms with van der Waals surface area (Å²) in [5.74, 6) is -1.37. The van der Waals surface area contributed by atoms with Gasteiger partial charge in [0.2, 0.25) is 5.95 Å². The van der Waals surface area contributed by atoms with Crippen LogP contribution < -0.4 is 20.9 Å². The SMILES string of the molecule is CCNC(=O)c1ccccc1Nc1nc(Nc2ccc(CN(C(=O)OCC3c4ccccc4-c4ccccc43)c3cccc(C4CCCN(C(=O)OCC5c6ccccc6-c6ccccc65)C4)c3)cc2)ncc1C(F)(F)F. The van der Waals surface area contributed by atoms with Crippen molar-refractivity contribution in [3.8, 4) is 22.3 Å². The van der Waals surface area contributed by atoms with Gasteiger partial charge in [-0.25, -0.2) is 14.6 Å². The molecule has 388 valence electrons. The second-order valence-corrected chi connectivity index (χ2v) is 19.4. The smallest absolute Gasteiger partial charge is 0.421 e. The topological polar surface area (TPSA) is 138 Å². The second kappa shape index (κ2) is 21.7. The molecule has 1 atom stereocenters. The molecule has 12 nitrogen and oxygen atoms in total. The average Bonchev–Trinajstić information content (AvgIpc) is 4.02. The number of carbonyl (C=O) groups excluding carboxylic acids is 3. The highest BCUT2D eigenvalue weighted by Crippen LogP contribution is 2.46. The number of nitrogens with zero attached hydrogens (tertiary/aromatic N) is 4. The van der Waals surface area contributed by atoms with E-state index in [1.165, 1.54) is 12.1 Å². The van der Waals surface area contributed by atoms with E-state index in [1.54, 1.807) is 53.1 Å². The standard InChI is InChI=1S/C62H54F3N7O5/c1-2-66-58(73)52-26-11-12-27-56(52)69-57-55(62(63,64)65)34-67-59(70-57)68-42-30-28-39(29-31-42)35-72(61(75)77-38-54-50-24-9-5-20-46(50)47-21-6-10-25-51(47)54)43-17-13-15-40(33-43)41-16-14-32-71(36-41)60(74)76-37-53-48-22-7-3-18-44(48)45-19-4-8-23-49(45)53/h3-13,15,17-31,33-34,41,53-54H,2,14,16,32,35-38H2,1H3,(H,66,73)(H2,67,68,69,70). The van der Waals surface area contributed by atoms with Gasteiger partial charge in [-0.05, 0) is 112 Å². The summed E-state index contributed by atoms with van der Waals surface area (Å²) in [5, 5.41) is 8.40. The third-order valence-corrected chi connectivity index (χ3v) is 14.6. The van der Waals surface area contributed by atoms with Crippen LogP contribution in [0.15, 0.2) is 176 Å². The lowest BCUT2D eigenvalue weighted by Gasteiger charge is -2.33. The zero-order chi connectivity index (χ0) is 53.0. The first kappa shape index (κ1) is 50.2. The van der Waals surface area contributed by atoms with Crippen LogP contribution in [0.2, 0.25) is 0 Å². The van der Waals surface area contributed by atoms with E-state index >= 15 is 0 Å². The molecule has 1 aliphatic heterocycles. The van der Waals surface area contributed by atoms with Crippen LogP contribution in [0.4, 0.5) is 51.6 Å². The van der Waals surface area contributed by atoms with Gasteiger partial charge in [0.25, 0.3) is 5.91 Å². The molecule has 7 aromatic carbocycles. The molecule has 2 heterocycles. The number of benzene rings is 7. The van der Waals surface area contributed by atoms with Crippen LogP contribution in [0.3, 0.4) is 0 Å². The third kappa shape index (κ3) is 10.5. The minimum absolute atomic E-state index is 0.0302. The third-order valence-electron chi connectivity index (χ3n) is 14.6. The van der Waals surface area contributed by atoms with E-state index in [0.29, 0.717) is 37.2 Å². The fourth-order valence-electron chi connectivity index (χ4n) is 10.9. The fraction of sp³-hybridized carbons (Fsp3) is 0.210. The summed E-state index contributed by atoms with van der Waals surface area (Å²) in [6.45, 7) is 3.53. The van der Waals surface area contributed by atoms with Crippen LogP contribution in [0, 0.1) is 0 Å². The molecule has 2 aliphatic carbocycles. The molecule has 3 aliphatic rings. The number of halogens is 3. The molecular weight excluding hydrogens is 980 g/mol. The lowest BCUT2D eigenvalue weighted by Crippen LogP contribution is -2.40. The molecule has 0 radical (unpaired) electrons. The van der Waals surface area contributed by atoms with Crippen LogP contribution in [-0.2, 0) is 22.2 Å². The number of amides is 3. The van der Waals surface area contributed by atoms with E-state index in [9.17, 15) is 27.6 Å². The van der Waals surface area contributed by atoms with Crippen molar-refractivity contribution in [3.63, 3.8) is 0 Å². The zero-order valence-corrected chi connectivity index (χ0v) is 42.1. The predicted molar refractivity (Wildman–Crippen MR) is 291 cm³/mol. The Morgan fingerprint density at radius 3 is 1.88 bits per heavy atom. The minimum Gasteiger partial charge on any atom is -0.448 e. The Labute approximate surface area is 443 Å². The highest BCUT2D eigenvalue weighted by Gasteiger charge is 2.37. The maximum atomic E-state index is 14.6. The van der Waals surface area contributed by atoms with Gasteiger partial charge in [0.15, 0.2) is 0 Å². The summed E-state index contributed by atoms with van der Waals surface area (Å²) in [7, 11) is 0. The molecule has 1 fully saturated rings. The molecule has 1 aromatic heterocycles. The first-order valence-electron chi connectivity index (χ1n) is 25.8. The van der Waals surface area contributed by atoms with Gasteiger partial charge < -0.3 is 30.3 Å². The summed E-state index contributed by atoms with van der Waals surface area (Å²) in [6.07, 6.45) is -3.41. The molecule has 1 saturated heterocycles. The molecule has 77 heavy (non-hydrogen) atoms. The normalized spacial score (nSPS) is 14.6. The Morgan fingerprint density at radius 1 is 0.688 bits per heavy atom. The number of hydrogen-bond donors (Lipinski definition) is 3. The zero-order valence-electron chi connectivity index (χ0n) is 42.1. The minimum atomic E-state index is -4.80. The van der Waals surface area contributed by atoms with Gasteiger partial charge in [-0.3, -0.25) is 9.69 Å². The van der Waals surface area contributed by atoms with Gasteiger partial charge in [0.1, 0.15) is 24.6 Å². The first-order valence-corrected chi connectivity index (χ1v) is 25.8. The number of alkyl halides is 3. The number of fused-ring (bicyclic) bond motifs is 6. The lowest BCUT2D eigenvalue weighted by molar-refractivity contribution is -0.137. The number of ether oxygens (including phenoxy) is 2. The fourth-order valence-corrected chi connectivity index (χ4v) is 10.9. The summed E-state index contributed by atoms with van der Waals surface area (Å²) >= 11 is 0. The second-order valence-electron chi connectivity index (χ2n) is 19.4. The molecule has 3 amide bonds. The van der Waals surface area contributed by atoms with Crippen LogP contribution in [0.5, 0.6) is 0 Å². The van der Waals surface area contributed by atoms with Crippen molar-refractivity contribution < 1.29 is 37.0 Å². The molecule has 11 rings (SSSR count). The van der Waals surface area contributed by atoms with Crippen molar-refractivity contribution in [2.45, 2.75) is 50.2 Å². The van der Waals surface area contributed by atoms with Gasteiger partial charge in [0.05, 0.1) is 17.8 Å². The number of rotatable bonds is 14. The van der Waals surface area contributed by atoms with Gasteiger partial charge in [-0.15, -0.1) is 0 Å². The number of para-hydroxylation sites is 1. The molecule has 0 saturated carbocycles. The summed E-state index contributed by atoms with van der Waals surface area (Å²) in [4.78, 5) is 52.8. The molecular formula is C62H54F3N7O5. The van der Waals surface area contributed by atoms with E-state index in [-0.39, 0.29) is 60.8 Å². The average molecular weight is 1030 g/mol. The van der Waals surface area contributed by atoms with Crippen molar-refractivity contribution in [1.82, 2.24) is 20.2 Å². The van der Waals surface area contributed by atoms with Crippen LogP contribution in [0.1, 0.15) is 86.8 Å². The van der Waals surface area contributed by atoms with Crippen molar-refractivity contribution in [1.29, 1.82) is 0 Å². The van der Waals surface area contributed by atoms with Crippen molar-refractivity contribution >= 4 is 46.9 Å². The Balaban J connectivity index is 0.823. The largest absolute Gasteiger partial charge is 0.448 e. The van der Waals surface area contributed by atoms with E-state index in [4.69, 9.17) is 9.47 Å². The van der Waals surface area contributed by atoms with Crippen LogP contribution >= 0.6 is 0 Å². The molecule has 8 aromatic rings. The quantitative estimate of drug-likeness (QED) is 0.0972. The van der Waals surface area contributed by atoms with Gasteiger partial charge in [-0.1, -0.05) is 133 Å². The number of piperidine rings is 1. The Kier molecular flexibility index (Phi) is 14.1. The number of likely N-dealkylation sites (tertiary alicyclic amines) is 1. The Bertz CT molecular complexity index is 3410. The number of hydrogen-bond acceptors (Lipinski definition) is 9. The summed E-state index contributed by atoms with van der Waals surface area (Å²) < 4.78 is 55.2. The molecule has 3 N–H and O–H groups in total. The van der Waals surface area contributed by atoms with E-state index < -0.39 is 29.6 Å². The van der Waals surface area contributed by atoms with Crippen molar-refractivity contribution in [2.24, 2.45) is 0 Å². The Hall–Kier alpha value is -8.98. The van der Waals surface area contributed by atoms with Crippen LogP contribution in [0.25, 0.3) is 22.3 Å². The lowest BCUT2D eigenvalue weighted by atomic mass is 9.90. The number of nitrogens with one attached hydrogen (secondary N) is 3. The summed E-state index contributed by atoms with van der Waals surface area (Å²) in [6, 6.07) is 53.9. The first-order chi connectivity index (χ1) is 37.5. The highest BCUT2D eigenvalue weighted by atomic mass is 19.4. The van der Waals surface area contributed by atoms with Crippen molar-refractivity contribution in [2.75, 3.05) is 48.4 Å². The number of aromatic nitrogens is 2. The van der Waals surface area contributed by atoms with E-state index in [1.807, 2.05) is 72.8 Å². The van der Waals surface area contributed by atoms with Gasteiger partial charge >= 0.3 is 18.4 Å². The highest BCUT2D eigenvalue weighted by molar-refractivity contribution is 6.00. The van der Waals surface area contributed by atoms with E-state index in [0.717, 1.165) is 68.5 Å². The van der Waals surface area contributed by atoms with Crippen LogP contribution in [-0.4, -0.2) is 65.8 Å². The summed E-state index contributed by atoms with van der Waals surface area (Å²) in [5.41, 5.74) is 11.0. The molecule has 0 bridgehead atoms. The molecule has 1 unspecified atom stereocenters. The monoisotopic (exact) mass is 1030 g/mol. The molecule has 15 heteroatoms. The van der Waals surface area contributed by atoms with Crippen molar-refractivity contribution in [3.05, 3.63) is 221 Å². The number of anilines is 5. The van der Waals surface area contributed by atoms with E-state index in [2.05, 4.69) is 74.4 Å². The van der Waals surface area contributed by atoms with Gasteiger partial charge in [0, 0.05) is 55.0 Å². The molecule has 0 spiro atoms. The predicted octanol–water partition coefficient (Wildman–Crippen LogP) is 13.8.